The Kier molecular flexibility index (Phi) is 5.24. The zero-order valence-electron chi connectivity index (χ0n) is 18.4. The highest BCUT2D eigenvalue weighted by Gasteiger charge is 2.19. The van der Waals surface area contributed by atoms with E-state index in [9.17, 15) is 4.79 Å². The average Bonchev–Trinajstić information content (AvgIpc) is 3.57. The average molecular weight is 468 g/mol. The molecule has 0 spiro atoms. The van der Waals surface area contributed by atoms with Gasteiger partial charge in [-0.3, -0.25) is 4.79 Å². The Morgan fingerprint density at radius 1 is 0.941 bits per heavy atom. The van der Waals surface area contributed by atoms with Gasteiger partial charge in [-0.25, -0.2) is 14.5 Å². The molecule has 1 aliphatic rings. The van der Waals surface area contributed by atoms with E-state index in [1.54, 1.807) is 22.8 Å². The van der Waals surface area contributed by atoms with Crippen molar-refractivity contribution in [3.8, 4) is 28.5 Å². The van der Waals surface area contributed by atoms with E-state index in [-0.39, 0.29) is 5.56 Å². The SMILES string of the molecule is O=c1c2ccccc2nc(-c2ccc(-c3cccn3C3CCNC3)cc2)n1-c1ccc(Cl)cn1. The Morgan fingerprint density at radius 3 is 2.53 bits per heavy atom. The number of para-hydroxylation sites is 1. The van der Waals surface area contributed by atoms with E-state index in [0.717, 1.165) is 30.6 Å². The summed E-state index contributed by atoms with van der Waals surface area (Å²) in [7, 11) is 0. The third-order valence-electron chi connectivity index (χ3n) is 6.36. The predicted octanol–water partition coefficient (Wildman–Crippen LogP) is 5.10. The van der Waals surface area contributed by atoms with Crippen LogP contribution < -0.4 is 10.9 Å². The van der Waals surface area contributed by atoms with Crippen LogP contribution in [-0.2, 0) is 0 Å². The van der Waals surface area contributed by atoms with E-state index in [4.69, 9.17) is 16.6 Å². The molecular formula is C27H22ClN5O. The summed E-state index contributed by atoms with van der Waals surface area (Å²) in [5, 5.41) is 4.49. The maximum absolute atomic E-state index is 13.5. The molecule has 6 rings (SSSR count). The summed E-state index contributed by atoms with van der Waals surface area (Å²) in [6.45, 7) is 2.03. The number of aromatic nitrogens is 4. The van der Waals surface area contributed by atoms with Gasteiger partial charge in [0.05, 0.1) is 15.9 Å². The molecule has 4 heterocycles. The third kappa shape index (κ3) is 3.61. The Bertz CT molecular complexity index is 1530. The molecule has 1 atom stereocenters. The molecule has 7 heteroatoms. The smallest absolute Gasteiger partial charge is 0.267 e. The van der Waals surface area contributed by atoms with Gasteiger partial charge < -0.3 is 9.88 Å². The van der Waals surface area contributed by atoms with E-state index >= 15 is 0 Å². The van der Waals surface area contributed by atoms with Gasteiger partial charge >= 0.3 is 0 Å². The second kappa shape index (κ2) is 8.56. The minimum absolute atomic E-state index is 0.165. The second-order valence-electron chi connectivity index (χ2n) is 8.45. The van der Waals surface area contributed by atoms with Crippen LogP contribution in [0, 0.1) is 0 Å². The number of halogens is 1. The molecular weight excluding hydrogens is 446 g/mol. The summed E-state index contributed by atoms with van der Waals surface area (Å²) in [5.74, 6) is 1.02. The number of pyridine rings is 1. The number of hydrogen-bond acceptors (Lipinski definition) is 4. The first-order chi connectivity index (χ1) is 16.7. The molecule has 0 aliphatic carbocycles. The van der Waals surface area contributed by atoms with Crippen molar-refractivity contribution in [3.63, 3.8) is 0 Å². The molecule has 0 bridgehead atoms. The van der Waals surface area contributed by atoms with E-state index < -0.39 is 0 Å². The highest BCUT2D eigenvalue weighted by Crippen LogP contribution is 2.29. The van der Waals surface area contributed by atoms with Crippen molar-refractivity contribution in [1.82, 2.24) is 24.4 Å². The van der Waals surface area contributed by atoms with Crippen LogP contribution in [0.1, 0.15) is 12.5 Å². The molecule has 34 heavy (non-hydrogen) atoms. The van der Waals surface area contributed by atoms with Crippen molar-refractivity contribution in [3.05, 3.63) is 101 Å². The minimum atomic E-state index is -0.165. The van der Waals surface area contributed by atoms with Crippen molar-refractivity contribution in [2.75, 3.05) is 13.1 Å². The van der Waals surface area contributed by atoms with Gasteiger partial charge in [0.2, 0.25) is 0 Å². The molecule has 1 aliphatic heterocycles. The van der Waals surface area contributed by atoms with Gasteiger partial charge in [-0.1, -0.05) is 48.0 Å². The molecule has 0 amide bonds. The quantitative estimate of drug-likeness (QED) is 0.399. The lowest BCUT2D eigenvalue weighted by molar-refractivity contribution is 0.555. The fraction of sp³-hybridized carbons (Fsp3) is 0.148. The fourth-order valence-corrected chi connectivity index (χ4v) is 4.77. The van der Waals surface area contributed by atoms with Gasteiger partial charge in [-0.05, 0) is 54.9 Å². The number of fused-ring (bicyclic) bond motifs is 1. The van der Waals surface area contributed by atoms with Crippen molar-refractivity contribution in [1.29, 1.82) is 0 Å². The van der Waals surface area contributed by atoms with Crippen LogP contribution in [0.3, 0.4) is 0 Å². The molecule has 168 valence electrons. The first-order valence-electron chi connectivity index (χ1n) is 11.3. The monoisotopic (exact) mass is 467 g/mol. The number of benzene rings is 2. The molecule has 0 radical (unpaired) electrons. The Hall–Kier alpha value is -3.74. The standard InChI is InChI=1S/C27H22ClN5O/c28-20-11-12-25(30-16-20)33-26(31-23-5-2-1-4-22(23)27(33)34)19-9-7-18(8-10-19)24-6-3-15-32(24)21-13-14-29-17-21/h1-12,15-16,21,29H,13-14,17H2. The number of hydrogen-bond donors (Lipinski definition) is 1. The molecule has 1 N–H and O–H groups in total. The third-order valence-corrected chi connectivity index (χ3v) is 6.59. The zero-order chi connectivity index (χ0) is 23.1. The molecule has 5 aromatic rings. The normalized spacial score (nSPS) is 15.7. The number of nitrogens with one attached hydrogen (secondary N) is 1. The van der Waals surface area contributed by atoms with Gasteiger partial charge in [0.25, 0.3) is 5.56 Å². The first kappa shape index (κ1) is 20.8. The lowest BCUT2D eigenvalue weighted by Gasteiger charge is -2.16. The van der Waals surface area contributed by atoms with Crippen molar-refractivity contribution < 1.29 is 0 Å². The highest BCUT2D eigenvalue weighted by molar-refractivity contribution is 6.30. The van der Waals surface area contributed by atoms with Crippen LogP contribution in [0.4, 0.5) is 0 Å². The Morgan fingerprint density at radius 2 is 1.76 bits per heavy atom. The zero-order valence-corrected chi connectivity index (χ0v) is 19.1. The van der Waals surface area contributed by atoms with Crippen molar-refractivity contribution in [2.45, 2.75) is 12.5 Å². The maximum atomic E-state index is 13.5. The molecule has 2 aromatic carbocycles. The van der Waals surface area contributed by atoms with E-state index in [1.165, 1.54) is 11.9 Å². The maximum Gasteiger partial charge on any atom is 0.267 e. The van der Waals surface area contributed by atoms with Crippen molar-refractivity contribution >= 4 is 22.5 Å². The predicted molar refractivity (Wildman–Crippen MR) is 136 cm³/mol. The van der Waals surface area contributed by atoms with Crippen LogP contribution >= 0.6 is 11.6 Å². The minimum Gasteiger partial charge on any atom is -0.343 e. The van der Waals surface area contributed by atoms with Crippen LogP contribution in [0.2, 0.25) is 5.02 Å². The second-order valence-corrected chi connectivity index (χ2v) is 8.89. The van der Waals surface area contributed by atoms with Gasteiger partial charge in [0, 0.05) is 36.2 Å². The Labute approximate surface area is 201 Å². The number of rotatable bonds is 4. The summed E-state index contributed by atoms with van der Waals surface area (Å²) >= 11 is 6.05. The van der Waals surface area contributed by atoms with Gasteiger partial charge in [0.15, 0.2) is 0 Å². The lowest BCUT2D eigenvalue weighted by Crippen LogP contribution is -2.22. The molecule has 1 unspecified atom stereocenters. The van der Waals surface area contributed by atoms with Crippen LogP contribution in [0.25, 0.3) is 39.4 Å². The molecule has 1 fully saturated rings. The largest absolute Gasteiger partial charge is 0.343 e. The van der Waals surface area contributed by atoms with Crippen LogP contribution in [0.15, 0.2) is 90.0 Å². The summed E-state index contributed by atoms with van der Waals surface area (Å²) in [5.41, 5.74) is 3.63. The topological polar surface area (TPSA) is 64.7 Å². The number of nitrogens with zero attached hydrogens (tertiary/aromatic N) is 4. The molecule has 6 nitrogen and oxygen atoms in total. The summed E-state index contributed by atoms with van der Waals surface area (Å²) < 4.78 is 3.90. The van der Waals surface area contributed by atoms with Crippen LogP contribution in [0.5, 0.6) is 0 Å². The van der Waals surface area contributed by atoms with Gasteiger partial charge in [-0.15, -0.1) is 0 Å². The summed E-state index contributed by atoms with van der Waals surface area (Å²) in [6, 6.07) is 23.8. The lowest BCUT2D eigenvalue weighted by atomic mass is 10.1. The molecule has 0 saturated carbocycles. The Balaban J connectivity index is 1.48. The van der Waals surface area contributed by atoms with E-state index in [0.29, 0.717) is 33.6 Å². The van der Waals surface area contributed by atoms with Gasteiger partial charge in [0.1, 0.15) is 11.6 Å². The first-order valence-corrected chi connectivity index (χ1v) is 11.7. The summed E-state index contributed by atoms with van der Waals surface area (Å²) in [4.78, 5) is 22.7. The summed E-state index contributed by atoms with van der Waals surface area (Å²) in [6.07, 6.45) is 4.81. The highest BCUT2D eigenvalue weighted by atomic mass is 35.5. The molecule has 3 aromatic heterocycles. The van der Waals surface area contributed by atoms with Crippen LogP contribution in [-0.4, -0.2) is 32.2 Å². The fourth-order valence-electron chi connectivity index (χ4n) is 4.66. The van der Waals surface area contributed by atoms with Gasteiger partial charge in [-0.2, -0.15) is 0 Å². The molecule has 1 saturated heterocycles. The van der Waals surface area contributed by atoms with E-state index in [1.807, 2.05) is 30.3 Å². The van der Waals surface area contributed by atoms with Crippen molar-refractivity contribution in [2.24, 2.45) is 0 Å². The van der Waals surface area contributed by atoms with E-state index in [2.05, 4.69) is 45.3 Å².